The maximum absolute atomic E-state index is 13.4. The monoisotopic (exact) mass is 413 g/mol. The van der Waals surface area contributed by atoms with Gasteiger partial charge < -0.3 is 9.80 Å². The van der Waals surface area contributed by atoms with Gasteiger partial charge in [0.2, 0.25) is 11.8 Å². The fraction of sp³-hybridized carbons (Fsp3) is 0.526. The normalized spacial score (nSPS) is 32.4. The molecule has 1 aromatic carbocycles. The lowest BCUT2D eigenvalue weighted by Crippen LogP contribution is -2.71. The lowest BCUT2D eigenvalue weighted by molar-refractivity contribution is -0.165. The average Bonchev–Trinajstić information content (AvgIpc) is 3.33. The molecule has 10 heteroatoms. The van der Waals surface area contributed by atoms with Crippen LogP contribution >= 0.6 is 11.8 Å². The summed E-state index contributed by atoms with van der Waals surface area (Å²) in [6, 6.07) is 8.41. The van der Waals surface area contributed by atoms with Crippen molar-refractivity contribution >= 4 is 23.6 Å². The standard InChI is InChI=1S/C19H23N7O2S/c1-18(2)13(14-21-23-24-22-14)25-16(28)12(17(25)29-18)26-15(27)11(20-19(26,3)4)10-8-6-5-7-9-10/h5-9,11-13,17,20H,1-4H3,(H,21,22,23,24). The molecule has 4 atom stereocenters. The molecular weight excluding hydrogens is 390 g/mol. The second-order valence-corrected chi connectivity index (χ2v) is 10.5. The zero-order valence-corrected chi connectivity index (χ0v) is 17.5. The SMILES string of the molecule is CC1(C)SC2C(N3C(=O)C(c4ccccc4)NC3(C)C)C(=O)N2C1c1nnn[nH]1. The highest BCUT2D eigenvalue weighted by molar-refractivity contribution is 8.01. The second kappa shape index (κ2) is 6.02. The predicted octanol–water partition coefficient (Wildman–Crippen LogP) is 1.21. The highest BCUT2D eigenvalue weighted by atomic mass is 32.2. The highest BCUT2D eigenvalue weighted by Crippen LogP contribution is 2.58. The molecule has 2 aromatic rings. The van der Waals surface area contributed by atoms with Gasteiger partial charge in [-0.15, -0.1) is 16.9 Å². The summed E-state index contributed by atoms with van der Waals surface area (Å²) in [5, 5.41) is 17.5. The van der Waals surface area contributed by atoms with Crippen molar-refractivity contribution in [3.63, 3.8) is 0 Å². The van der Waals surface area contributed by atoms with E-state index < -0.39 is 17.7 Å². The molecular formula is C19H23N7O2S. The number of thioether (sulfide) groups is 1. The van der Waals surface area contributed by atoms with Crippen molar-refractivity contribution in [2.75, 3.05) is 0 Å². The predicted molar refractivity (Wildman–Crippen MR) is 106 cm³/mol. The van der Waals surface area contributed by atoms with Gasteiger partial charge in [-0.1, -0.05) is 30.3 Å². The van der Waals surface area contributed by atoms with Crippen LogP contribution in [0.3, 0.4) is 0 Å². The summed E-state index contributed by atoms with van der Waals surface area (Å²) in [6.45, 7) is 8.06. The minimum absolute atomic E-state index is 0.0635. The average molecular weight is 414 g/mol. The number of amides is 2. The number of nitrogens with one attached hydrogen (secondary N) is 2. The van der Waals surface area contributed by atoms with Crippen LogP contribution < -0.4 is 5.32 Å². The minimum atomic E-state index is -0.638. The van der Waals surface area contributed by atoms with E-state index in [0.717, 1.165) is 5.56 Å². The summed E-state index contributed by atoms with van der Waals surface area (Å²) in [4.78, 5) is 30.3. The van der Waals surface area contributed by atoms with E-state index in [9.17, 15) is 9.59 Å². The van der Waals surface area contributed by atoms with Crippen LogP contribution in [0.4, 0.5) is 0 Å². The molecule has 2 N–H and O–H groups in total. The number of aromatic amines is 1. The number of hydrogen-bond donors (Lipinski definition) is 2. The Kier molecular flexibility index (Phi) is 3.85. The van der Waals surface area contributed by atoms with Crippen LogP contribution in [0.2, 0.25) is 0 Å². The van der Waals surface area contributed by atoms with Gasteiger partial charge >= 0.3 is 0 Å². The van der Waals surface area contributed by atoms with Gasteiger partial charge in [-0.3, -0.25) is 14.9 Å². The maximum Gasteiger partial charge on any atom is 0.250 e. The van der Waals surface area contributed by atoms with Crippen molar-refractivity contribution < 1.29 is 9.59 Å². The summed E-state index contributed by atoms with van der Waals surface area (Å²) in [7, 11) is 0. The first kappa shape index (κ1) is 18.6. The van der Waals surface area contributed by atoms with Crippen LogP contribution in [-0.4, -0.2) is 64.1 Å². The molecule has 4 heterocycles. The van der Waals surface area contributed by atoms with E-state index in [0.29, 0.717) is 5.82 Å². The number of benzene rings is 1. The van der Waals surface area contributed by atoms with Crippen LogP contribution in [-0.2, 0) is 9.59 Å². The van der Waals surface area contributed by atoms with Gasteiger partial charge in [-0.25, -0.2) is 5.10 Å². The Morgan fingerprint density at radius 1 is 1.07 bits per heavy atom. The summed E-state index contributed by atoms with van der Waals surface area (Å²) in [5.74, 6) is 0.442. The molecule has 152 valence electrons. The third kappa shape index (κ3) is 2.55. The first-order chi connectivity index (χ1) is 13.7. The molecule has 4 unspecified atom stereocenters. The molecule has 1 aromatic heterocycles. The second-order valence-electron chi connectivity index (χ2n) is 8.75. The molecule has 0 radical (unpaired) electrons. The van der Waals surface area contributed by atoms with Crippen molar-refractivity contribution in [1.29, 1.82) is 0 Å². The highest BCUT2D eigenvalue weighted by Gasteiger charge is 2.67. The number of rotatable bonds is 3. The Hall–Kier alpha value is -2.46. The zero-order chi connectivity index (χ0) is 20.6. The first-order valence-electron chi connectivity index (χ1n) is 9.62. The van der Waals surface area contributed by atoms with Crippen LogP contribution in [0.1, 0.15) is 51.2 Å². The van der Waals surface area contributed by atoms with Crippen molar-refractivity contribution in [2.24, 2.45) is 0 Å². The van der Waals surface area contributed by atoms with Crippen LogP contribution in [0.15, 0.2) is 30.3 Å². The lowest BCUT2D eigenvalue weighted by Gasteiger charge is -2.50. The summed E-state index contributed by atoms with van der Waals surface area (Å²) in [6.07, 6.45) is 0. The third-order valence-corrected chi connectivity index (χ3v) is 7.59. The number of hydrogen-bond acceptors (Lipinski definition) is 7. The van der Waals surface area contributed by atoms with E-state index in [-0.39, 0.29) is 28.0 Å². The number of aromatic nitrogens is 4. The largest absolute Gasteiger partial charge is 0.314 e. The van der Waals surface area contributed by atoms with Gasteiger partial charge in [0.25, 0.3) is 0 Å². The summed E-state index contributed by atoms with van der Waals surface area (Å²) >= 11 is 1.69. The zero-order valence-electron chi connectivity index (χ0n) is 16.7. The van der Waals surface area contributed by atoms with Crippen molar-refractivity contribution in [3.05, 3.63) is 41.7 Å². The van der Waals surface area contributed by atoms with Crippen molar-refractivity contribution in [2.45, 2.75) is 61.6 Å². The van der Waals surface area contributed by atoms with Crippen LogP contribution in [0.5, 0.6) is 0 Å². The van der Waals surface area contributed by atoms with E-state index >= 15 is 0 Å². The van der Waals surface area contributed by atoms with E-state index in [1.54, 1.807) is 16.7 Å². The van der Waals surface area contributed by atoms with E-state index in [2.05, 4.69) is 39.8 Å². The lowest BCUT2D eigenvalue weighted by atomic mass is 9.93. The summed E-state index contributed by atoms with van der Waals surface area (Å²) in [5.41, 5.74) is 0.266. The molecule has 9 nitrogen and oxygen atoms in total. The van der Waals surface area contributed by atoms with Gasteiger partial charge in [0.05, 0.1) is 5.66 Å². The number of carbonyl (C=O) groups excluding carboxylic acids is 2. The molecule has 3 aliphatic rings. The van der Waals surface area contributed by atoms with Gasteiger partial charge in [-0.05, 0) is 43.7 Å². The third-order valence-electron chi connectivity index (χ3n) is 6.03. The van der Waals surface area contributed by atoms with Crippen LogP contribution in [0, 0.1) is 0 Å². The summed E-state index contributed by atoms with van der Waals surface area (Å²) < 4.78 is -0.282. The van der Waals surface area contributed by atoms with E-state index in [1.165, 1.54) is 0 Å². The number of fused-ring (bicyclic) bond motifs is 1. The molecule has 5 rings (SSSR count). The topological polar surface area (TPSA) is 107 Å². The fourth-order valence-corrected chi connectivity index (χ4v) is 6.50. The molecule has 29 heavy (non-hydrogen) atoms. The Morgan fingerprint density at radius 3 is 2.45 bits per heavy atom. The van der Waals surface area contributed by atoms with Crippen molar-refractivity contribution in [3.8, 4) is 0 Å². The maximum atomic E-state index is 13.4. The smallest absolute Gasteiger partial charge is 0.250 e. The molecule has 2 amide bonds. The Bertz CT molecular complexity index is 962. The quantitative estimate of drug-likeness (QED) is 0.729. The Morgan fingerprint density at radius 2 is 1.79 bits per heavy atom. The van der Waals surface area contributed by atoms with Gasteiger partial charge in [0, 0.05) is 4.75 Å². The van der Waals surface area contributed by atoms with Gasteiger partial charge in [0.15, 0.2) is 5.82 Å². The number of carbonyl (C=O) groups is 2. The molecule has 0 bridgehead atoms. The van der Waals surface area contributed by atoms with Crippen molar-refractivity contribution in [1.82, 2.24) is 35.7 Å². The molecule has 3 aliphatic heterocycles. The first-order valence-corrected chi connectivity index (χ1v) is 10.5. The molecule has 3 fully saturated rings. The Balaban J connectivity index is 1.47. The fourth-order valence-electron chi connectivity index (χ4n) is 4.81. The molecule has 3 saturated heterocycles. The molecule has 0 saturated carbocycles. The van der Waals surface area contributed by atoms with E-state index in [4.69, 9.17) is 0 Å². The number of H-pyrrole nitrogens is 1. The number of tetrazole rings is 1. The van der Waals surface area contributed by atoms with Gasteiger partial charge in [-0.2, -0.15) is 0 Å². The number of nitrogens with zero attached hydrogens (tertiary/aromatic N) is 5. The molecule has 0 spiro atoms. The van der Waals surface area contributed by atoms with Crippen LogP contribution in [0.25, 0.3) is 0 Å². The van der Waals surface area contributed by atoms with E-state index in [1.807, 2.05) is 49.1 Å². The number of β-lactam (4-membered cyclic amide) rings is 1. The molecule has 0 aliphatic carbocycles. The Labute approximate surface area is 172 Å². The minimum Gasteiger partial charge on any atom is -0.314 e. The van der Waals surface area contributed by atoms with Gasteiger partial charge in [0.1, 0.15) is 23.5 Å².